The Labute approximate surface area is 151 Å². The van der Waals surface area contributed by atoms with E-state index in [0.717, 1.165) is 11.4 Å². The van der Waals surface area contributed by atoms with Crippen LogP contribution in [0, 0.1) is 0 Å². The molecule has 3 rings (SSSR count). The molecule has 3 aromatic rings. The molecule has 8 nitrogen and oxygen atoms in total. The maximum Gasteiger partial charge on any atom is 0.274 e. The van der Waals surface area contributed by atoms with E-state index in [0.29, 0.717) is 18.0 Å². The number of carbonyl (C=O) groups excluding carboxylic acids is 1. The number of nitrogens with zero attached hydrogens (tertiary/aromatic N) is 5. The highest BCUT2D eigenvalue weighted by Gasteiger charge is 2.16. The fourth-order valence-corrected chi connectivity index (χ4v) is 2.42. The normalized spacial score (nSPS) is 10.6. The van der Waals surface area contributed by atoms with Gasteiger partial charge in [-0.25, -0.2) is 4.68 Å². The summed E-state index contributed by atoms with van der Waals surface area (Å²) in [5.41, 5.74) is 1.19. The van der Waals surface area contributed by atoms with Crippen LogP contribution in [0.15, 0.2) is 48.8 Å². The third kappa shape index (κ3) is 4.21. The lowest BCUT2D eigenvalue weighted by atomic mass is 10.3. The van der Waals surface area contributed by atoms with Gasteiger partial charge >= 0.3 is 0 Å². The first-order chi connectivity index (χ1) is 12.5. The molecule has 136 valence electrons. The van der Waals surface area contributed by atoms with Crippen molar-refractivity contribution in [1.29, 1.82) is 0 Å². The summed E-state index contributed by atoms with van der Waals surface area (Å²) in [6.45, 7) is 0.637. The Morgan fingerprint density at radius 3 is 2.46 bits per heavy atom. The van der Waals surface area contributed by atoms with E-state index in [1.807, 2.05) is 43.6 Å². The van der Waals surface area contributed by atoms with Crippen LogP contribution in [0.3, 0.4) is 0 Å². The Hall–Kier alpha value is -3.29. The van der Waals surface area contributed by atoms with Crippen LogP contribution in [-0.2, 0) is 20.3 Å². The van der Waals surface area contributed by atoms with Crippen LogP contribution in [0.4, 0.5) is 0 Å². The minimum atomic E-state index is -0.168. The van der Waals surface area contributed by atoms with Gasteiger partial charge in [0.05, 0.1) is 19.3 Å². The summed E-state index contributed by atoms with van der Waals surface area (Å²) < 4.78 is 14.0. The molecule has 1 aromatic carbocycles. The highest BCUT2D eigenvalue weighted by molar-refractivity contribution is 5.91. The molecule has 0 aliphatic carbocycles. The molecule has 0 aliphatic heterocycles. The van der Waals surface area contributed by atoms with Gasteiger partial charge in [-0.2, -0.15) is 10.2 Å². The van der Waals surface area contributed by atoms with E-state index in [1.54, 1.807) is 40.7 Å². The molecule has 2 heterocycles. The minimum absolute atomic E-state index is 0.168. The smallest absolute Gasteiger partial charge is 0.274 e. The zero-order chi connectivity index (χ0) is 18.5. The maximum atomic E-state index is 12.5. The van der Waals surface area contributed by atoms with Gasteiger partial charge in [0.2, 0.25) is 0 Å². The summed E-state index contributed by atoms with van der Waals surface area (Å²) in [4.78, 5) is 14.1. The molecule has 0 unspecified atom stereocenters. The number of hydrogen-bond donors (Lipinski definition) is 0. The zero-order valence-electron chi connectivity index (χ0n) is 15.0. The van der Waals surface area contributed by atoms with Gasteiger partial charge in [0.15, 0.2) is 12.4 Å². The molecule has 1 amide bonds. The lowest BCUT2D eigenvalue weighted by molar-refractivity contribution is 0.0775. The first kappa shape index (κ1) is 17.5. The number of aromatic nitrogens is 4. The summed E-state index contributed by atoms with van der Waals surface area (Å²) in [6.07, 6.45) is 3.56. The lowest BCUT2D eigenvalue weighted by Crippen LogP contribution is -2.27. The van der Waals surface area contributed by atoms with E-state index in [9.17, 15) is 4.79 Å². The molecule has 26 heavy (non-hydrogen) atoms. The van der Waals surface area contributed by atoms with Crippen molar-refractivity contribution in [1.82, 2.24) is 24.5 Å². The fraction of sp³-hybridized carbons (Fsp3) is 0.278. The third-order valence-corrected chi connectivity index (χ3v) is 3.80. The molecule has 0 fully saturated rings. The van der Waals surface area contributed by atoms with E-state index < -0.39 is 0 Å². The number of rotatable bonds is 7. The third-order valence-electron chi connectivity index (χ3n) is 3.80. The molecule has 0 radical (unpaired) electrons. The van der Waals surface area contributed by atoms with Crippen LogP contribution < -0.4 is 9.47 Å². The second-order valence-electron chi connectivity index (χ2n) is 5.83. The summed E-state index contributed by atoms with van der Waals surface area (Å²) in [5, 5.41) is 8.55. The quantitative estimate of drug-likeness (QED) is 0.647. The lowest BCUT2D eigenvalue weighted by Gasteiger charge is -2.14. The molecular formula is C18H21N5O3. The molecule has 0 atom stereocenters. The number of amides is 1. The Balaban J connectivity index is 1.56. The van der Waals surface area contributed by atoms with Crippen molar-refractivity contribution < 1.29 is 14.3 Å². The molecule has 0 N–H and O–H groups in total. The topological polar surface area (TPSA) is 74.4 Å². The van der Waals surface area contributed by atoms with Crippen LogP contribution >= 0.6 is 0 Å². The van der Waals surface area contributed by atoms with Crippen LogP contribution in [0.5, 0.6) is 11.5 Å². The zero-order valence-corrected chi connectivity index (χ0v) is 15.0. The number of carbonyl (C=O) groups is 1. The van der Waals surface area contributed by atoms with Crippen molar-refractivity contribution >= 4 is 5.91 Å². The predicted molar refractivity (Wildman–Crippen MR) is 94.9 cm³/mol. The largest absolute Gasteiger partial charge is 0.497 e. The summed E-state index contributed by atoms with van der Waals surface area (Å²) in [5.74, 6) is 1.29. The van der Waals surface area contributed by atoms with Gasteiger partial charge < -0.3 is 14.4 Å². The van der Waals surface area contributed by atoms with Crippen LogP contribution in [0.2, 0.25) is 0 Å². The van der Waals surface area contributed by atoms with Crippen molar-refractivity contribution in [3.8, 4) is 11.5 Å². The monoisotopic (exact) mass is 355 g/mol. The SMILES string of the molecule is COc1ccc(OCn2ccc(C(=O)N(C)Cc3ccn(C)n3)n2)cc1. The molecule has 0 spiro atoms. The fourth-order valence-electron chi connectivity index (χ4n) is 2.42. The van der Waals surface area contributed by atoms with Crippen LogP contribution in [-0.4, -0.2) is 44.5 Å². The number of methoxy groups -OCH3 is 1. The summed E-state index contributed by atoms with van der Waals surface area (Å²) in [7, 11) is 5.18. The van der Waals surface area contributed by atoms with Crippen molar-refractivity contribution in [3.63, 3.8) is 0 Å². The molecular weight excluding hydrogens is 334 g/mol. The van der Waals surface area contributed by atoms with Gasteiger partial charge in [-0.1, -0.05) is 0 Å². The number of benzene rings is 1. The van der Waals surface area contributed by atoms with Gasteiger partial charge in [-0.3, -0.25) is 9.48 Å². The number of hydrogen-bond acceptors (Lipinski definition) is 5. The van der Waals surface area contributed by atoms with Gasteiger partial charge in [0.1, 0.15) is 11.5 Å². The summed E-state index contributed by atoms with van der Waals surface area (Å²) in [6, 6.07) is 10.8. The Morgan fingerprint density at radius 1 is 1.08 bits per heavy atom. The Bertz CT molecular complexity index is 869. The first-order valence-electron chi connectivity index (χ1n) is 8.09. The van der Waals surface area contributed by atoms with E-state index >= 15 is 0 Å². The average Bonchev–Trinajstić information content (AvgIpc) is 3.28. The molecule has 8 heteroatoms. The van der Waals surface area contributed by atoms with E-state index in [1.165, 1.54) is 0 Å². The minimum Gasteiger partial charge on any atom is -0.497 e. The van der Waals surface area contributed by atoms with Gasteiger partial charge in [0.25, 0.3) is 5.91 Å². The van der Waals surface area contributed by atoms with Crippen molar-refractivity contribution in [3.05, 3.63) is 60.2 Å². The van der Waals surface area contributed by atoms with Crippen molar-refractivity contribution in [2.75, 3.05) is 14.2 Å². The second kappa shape index (κ2) is 7.73. The summed E-state index contributed by atoms with van der Waals surface area (Å²) >= 11 is 0. The average molecular weight is 355 g/mol. The van der Waals surface area contributed by atoms with Crippen molar-refractivity contribution in [2.24, 2.45) is 7.05 Å². The molecule has 0 saturated heterocycles. The molecule has 0 bridgehead atoms. The maximum absolute atomic E-state index is 12.5. The van der Waals surface area contributed by atoms with E-state index in [2.05, 4.69) is 10.2 Å². The van der Waals surface area contributed by atoms with Gasteiger partial charge in [0, 0.05) is 26.5 Å². The highest BCUT2D eigenvalue weighted by Crippen LogP contribution is 2.17. The molecule has 2 aromatic heterocycles. The Kier molecular flexibility index (Phi) is 5.21. The van der Waals surface area contributed by atoms with E-state index in [4.69, 9.17) is 9.47 Å². The number of ether oxygens (including phenoxy) is 2. The Morgan fingerprint density at radius 2 is 1.81 bits per heavy atom. The van der Waals surface area contributed by atoms with E-state index in [-0.39, 0.29) is 12.6 Å². The standard InChI is InChI=1S/C18H21N5O3/c1-21(12-14-8-10-22(2)19-14)18(24)17-9-11-23(20-17)13-26-16-6-4-15(25-3)5-7-16/h4-11H,12-13H2,1-3H3. The van der Waals surface area contributed by atoms with Crippen molar-refractivity contribution in [2.45, 2.75) is 13.3 Å². The van der Waals surface area contributed by atoms with Crippen LogP contribution in [0.1, 0.15) is 16.2 Å². The predicted octanol–water partition coefficient (Wildman–Crippen LogP) is 1.93. The highest BCUT2D eigenvalue weighted by atomic mass is 16.5. The van der Waals surface area contributed by atoms with Crippen LogP contribution in [0.25, 0.3) is 0 Å². The number of aryl methyl sites for hydroxylation is 1. The van der Waals surface area contributed by atoms with Gasteiger partial charge in [-0.15, -0.1) is 0 Å². The molecule has 0 aliphatic rings. The first-order valence-corrected chi connectivity index (χ1v) is 8.09. The van der Waals surface area contributed by atoms with Gasteiger partial charge in [-0.05, 0) is 36.4 Å². The molecule has 0 saturated carbocycles. The second-order valence-corrected chi connectivity index (χ2v) is 5.83.